The predicted molar refractivity (Wildman–Crippen MR) is 81.5 cm³/mol. The Hall–Kier alpha value is -1.46. The van der Waals surface area contributed by atoms with Crippen molar-refractivity contribution in [3.05, 3.63) is 29.8 Å². The van der Waals surface area contributed by atoms with Crippen molar-refractivity contribution in [1.29, 1.82) is 0 Å². The van der Waals surface area contributed by atoms with E-state index < -0.39 is 0 Å². The van der Waals surface area contributed by atoms with Gasteiger partial charge in [-0.1, -0.05) is 31.9 Å². The molecule has 2 heteroatoms. The number of aryl methyl sites for hydroxylation is 1. The number of hydrogen-bond donors (Lipinski definition) is 0. The normalized spacial score (nSPS) is 10.1. The number of methoxy groups -OCH3 is 1. The first kappa shape index (κ1) is 15.6. The van der Waals surface area contributed by atoms with E-state index in [1.807, 2.05) is 12.1 Å². The second kappa shape index (κ2) is 9.47. The molecule has 0 N–H and O–H groups in total. The summed E-state index contributed by atoms with van der Waals surface area (Å²) in [7, 11) is 1.71. The zero-order valence-electron chi connectivity index (χ0n) is 12.4. The fourth-order valence-electron chi connectivity index (χ4n) is 1.91. The Morgan fingerprint density at radius 1 is 1.16 bits per heavy atom. The van der Waals surface area contributed by atoms with Crippen molar-refractivity contribution in [2.45, 2.75) is 33.1 Å². The van der Waals surface area contributed by atoms with Gasteiger partial charge in [-0.05, 0) is 43.6 Å². The Labute approximate surface area is 117 Å². The molecule has 0 fully saturated rings. The summed E-state index contributed by atoms with van der Waals surface area (Å²) in [6.07, 6.45) is 3.15. The molecule has 0 heterocycles. The van der Waals surface area contributed by atoms with Crippen molar-refractivity contribution in [2.24, 2.45) is 0 Å². The average Bonchev–Trinajstić information content (AvgIpc) is 2.47. The highest BCUT2D eigenvalue weighted by atomic mass is 16.5. The zero-order valence-corrected chi connectivity index (χ0v) is 12.4. The molecule has 1 rings (SSSR count). The zero-order chi connectivity index (χ0) is 13.9. The van der Waals surface area contributed by atoms with Crippen LogP contribution in [0.1, 0.15) is 32.3 Å². The average molecular weight is 259 g/mol. The Bertz CT molecular complexity index is 413. The molecule has 0 aliphatic heterocycles. The van der Waals surface area contributed by atoms with Gasteiger partial charge >= 0.3 is 0 Å². The first-order chi connectivity index (χ1) is 9.30. The van der Waals surface area contributed by atoms with Crippen LogP contribution in [0.4, 0.5) is 0 Å². The second-order valence-corrected chi connectivity index (χ2v) is 4.52. The van der Waals surface area contributed by atoms with Crippen molar-refractivity contribution in [3.8, 4) is 17.6 Å². The molecule has 0 saturated heterocycles. The molecule has 2 nitrogen and oxygen atoms in total. The molecule has 0 bridgehead atoms. The first-order valence-electron chi connectivity index (χ1n) is 7.11. The number of unbranched alkanes of at least 4 members (excludes halogenated alkanes) is 1. The third-order valence-corrected chi connectivity index (χ3v) is 3.22. The van der Waals surface area contributed by atoms with E-state index in [2.05, 4.69) is 42.7 Å². The summed E-state index contributed by atoms with van der Waals surface area (Å²) in [5, 5.41) is 0. The van der Waals surface area contributed by atoms with Crippen molar-refractivity contribution >= 4 is 0 Å². The highest BCUT2D eigenvalue weighted by Gasteiger charge is 1.96. The molecule has 0 radical (unpaired) electrons. The van der Waals surface area contributed by atoms with Crippen LogP contribution in [0.25, 0.3) is 0 Å². The van der Waals surface area contributed by atoms with Crippen LogP contribution in [-0.2, 0) is 6.42 Å². The first-order valence-corrected chi connectivity index (χ1v) is 7.11. The highest BCUT2D eigenvalue weighted by molar-refractivity contribution is 5.28. The highest BCUT2D eigenvalue weighted by Crippen LogP contribution is 2.14. The van der Waals surface area contributed by atoms with Crippen LogP contribution in [-0.4, -0.2) is 31.6 Å². The van der Waals surface area contributed by atoms with E-state index >= 15 is 0 Å². The number of nitrogens with zero attached hydrogens (tertiary/aromatic N) is 1. The van der Waals surface area contributed by atoms with Crippen LogP contribution in [0, 0.1) is 11.8 Å². The number of benzene rings is 1. The molecule has 104 valence electrons. The molecule has 0 aliphatic carbocycles. The minimum Gasteiger partial charge on any atom is -0.497 e. The fraction of sp³-hybridized carbons (Fsp3) is 0.529. The van der Waals surface area contributed by atoms with Gasteiger partial charge in [0.2, 0.25) is 0 Å². The third-order valence-electron chi connectivity index (χ3n) is 3.22. The molecular weight excluding hydrogens is 234 g/mol. The van der Waals surface area contributed by atoms with Crippen LogP contribution in [0.15, 0.2) is 24.3 Å². The van der Waals surface area contributed by atoms with E-state index in [4.69, 9.17) is 4.74 Å². The van der Waals surface area contributed by atoms with Crippen molar-refractivity contribution in [2.75, 3.05) is 26.7 Å². The van der Waals surface area contributed by atoms with Crippen LogP contribution in [0.3, 0.4) is 0 Å². The van der Waals surface area contributed by atoms with E-state index in [0.717, 1.165) is 44.6 Å². The molecule has 0 aromatic heterocycles. The van der Waals surface area contributed by atoms with E-state index in [9.17, 15) is 0 Å². The molecule has 0 spiro atoms. The lowest BCUT2D eigenvalue weighted by Crippen LogP contribution is -2.22. The van der Waals surface area contributed by atoms with Gasteiger partial charge in [0.15, 0.2) is 0 Å². The Morgan fingerprint density at radius 2 is 1.95 bits per heavy atom. The SMILES string of the molecule is CCN(CC)CC#CCCCc1cccc(OC)c1. The van der Waals surface area contributed by atoms with Gasteiger partial charge < -0.3 is 4.74 Å². The van der Waals surface area contributed by atoms with E-state index in [-0.39, 0.29) is 0 Å². The molecule has 1 aromatic carbocycles. The lowest BCUT2D eigenvalue weighted by atomic mass is 10.1. The Morgan fingerprint density at radius 3 is 2.63 bits per heavy atom. The maximum Gasteiger partial charge on any atom is 0.119 e. The lowest BCUT2D eigenvalue weighted by molar-refractivity contribution is 0.342. The summed E-state index contributed by atoms with van der Waals surface area (Å²) in [4.78, 5) is 2.33. The van der Waals surface area contributed by atoms with Gasteiger partial charge in [-0.15, -0.1) is 5.92 Å². The van der Waals surface area contributed by atoms with Gasteiger partial charge in [-0.25, -0.2) is 0 Å². The molecular formula is C17H25NO. The fourth-order valence-corrected chi connectivity index (χ4v) is 1.91. The van der Waals surface area contributed by atoms with Gasteiger partial charge in [0.05, 0.1) is 13.7 Å². The maximum absolute atomic E-state index is 5.22. The summed E-state index contributed by atoms with van der Waals surface area (Å²) < 4.78 is 5.22. The molecule has 0 atom stereocenters. The second-order valence-electron chi connectivity index (χ2n) is 4.52. The van der Waals surface area contributed by atoms with E-state index in [1.54, 1.807) is 7.11 Å². The number of hydrogen-bond acceptors (Lipinski definition) is 2. The van der Waals surface area contributed by atoms with Crippen LogP contribution in [0.2, 0.25) is 0 Å². The standard InChI is InChI=1S/C17H25NO/c1-4-18(5-2)14-9-7-6-8-11-16-12-10-13-17(15-16)19-3/h10,12-13,15H,4-6,8,11,14H2,1-3H3. The summed E-state index contributed by atoms with van der Waals surface area (Å²) in [6, 6.07) is 8.27. The monoisotopic (exact) mass is 259 g/mol. The quantitative estimate of drug-likeness (QED) is 0.550. The van der Waals surface area contributed by atoms with Gasteiger partial charge in [0, 0.05) is 6.42 Å². The summed E-state index contributed by atoms with van der Waals surface area (Å²) in [5.41, 5.74) is 1.32. The summed E-state index contributed by atoms with van der Waals surface area (Å²) in [5.74, 6) is 7.44. The number of rotatable bonds is 7. The van der Waals surface area contributed by atoms with Crippen LogP contribution in [0.5, 0.6) is 5.75 Å². The Kier molecular flexibility index (Phi) is 7.77. The minimum absolute atomic E-state index is 0.895. The molecule has 0 saturated carbocycles. The molecule has 0 aliphatic rings. The van der Waals surface area contributed by atoms with Crippen LogP contribution < -0.4 is 4.74 Å². The van der Waals surface area contributed by atoms with Crippen LogP contribution >= 0.6 is 0 Å². The van der Waals surface area contributed by atoms with Crippen molar-refractivity contribution in [1.82, 2.24) is 4.90 Å². The topological polar surface area (TPSA) is 12.5 Å². The number of ether oxygens (including phenoxy) is 1. The predicted octanol–water partition coefficient (Wildman–Crippen LogP) is 3.36. The van der Waals surface area contributed by atoms with E-state index in [0.29, 0.717) is 0 Å². The molecule has 1 aromatic rings. The van der Waals surface area contributed by atoms with Crippen molar-refractivity contribution < 1.29 is 4.74 Å². The van der Waals surface area contributed by atoms with Crippen molar-refractivity contribution in [3.63, 3.8) is 0 Å². The summed E-state index contributed by atoms with van der Waals surface area (Å²) in [6.45, 7) is 7.40. The smallest absolute Gasteiger partial charge is 0.119 e. The third kappa shape index (κ3) is 6.31. The maximum atomic E-state index is 5.22. The van der Waals surface area contributed by atoms with Gasteiger partial charge in [0.1, 0.15) is 5.75 Å². The molecule has 0 unspecified atom stereocenters. The molecule has 0 amide bonds. The molecule has 19 heavy (non-hydrogen) atoms. The van der Waals surface area contributed by atoms with Gasteiger partial charge in [0.25, 0.3) is 0 Å². The largest absolute Gasteiger partial charge is 0.497 e. The Balaban J connectivity index is 2.25. The lowest BCUT2D eigenvalue weighted by Gasteiger charge is -2.13. The van der Waals surface area contributed by atoms with E-state index in [1.165, 1.54) is 5.56 Å². The minimum atomic E-state index is 0.895. The summed E-state index contributed by atoms with van der Waals surface area (Å²) >= 11 is 0. The van der Waals surface area contributed by atoms with Gasteiger partial charge in [-0.3, -0.25) is 4.90 Å². The van der Waals surface area contributed by atoms with Gasteiger partial charge in [-0.2, -0.15) is 0 Å².